The molecule has 102 valence electrons. The molecule has 1 aliphatic rings. The van der Waals surface area contributed by atoms with E-state index in [0.717, 1.165) is 5.92 Å². The minimum Gasteiger partial charge on any atom is -0.303 e. The van der Waals surface area contributed by atoms with Gasteiger partial charge in [0.25, 0.3) is 0 Å². The zero-order valence-corrected chi connectivity index (χ0v) is 12.2. The van der Waals surface area contributed by atoms with E-state index < -0.39 is 0 Å². The van der Waals surface area contributed by atoms with Crippen LogP contribution in [-0.4, -0.2) is 24.5 Å². The second-order valence-corrected chi connectivity index (χ2v) is 6.00. The molecular weight excluding hydrogens is 206 g/mol. The fourth-order valence-electron chi connectivity index (χ4n) is 2.75. The third-order valence-electron chi connectivity index (χ3n) is 4.20. The smallest absolute Gasteiger partial charge is 0.00162 e. The van der Waals surface area contributed by atoms with Crippen LogP contribution >= 0.6 is 0 Å². The number of likely N-dealkylation sites (tertiary alicyclic amines) is 1. The van der Waals surface area contributed by atoms with Gasteiger partial charge in [0.1, 0.15) is 0 Å². The lowest BCUT2D eigenvalue weighted by Gasteiger charge is -2.30. The van der Waals surface area contributed by atoms with E-state index in [2.05, 4.69) is 18.7 Å². The summed E-state index contributed by atoms with van der Waals surface area (Å²) in [6, 6.07) is 0. The fourth-order valence-corrected chi connectivity index (χ4v) is 2.75. The molecule has 1 rings (SSSR count). The van der Waals surface area contributed by atoms with Crippen LogP contribution in [0.2, 0.25) is 0 Å². The van der Waals surface area contributed by atoms with Gasteiger partial charge in [-0.05, 0) is 44.8 Å². The number of hydrogen-bond acceptors (Lipinski definition) is 1. The Morgan fingerprint density at radius 1 is 0.824 bits per heavy atom. The highest BCUT2D eigenvalue weighted by atomic mass is 15.1. The molecule has 0 unspecified atom stereocenters. The van der Waals surface area contributed by atoms with Gasteiger partial charge in [0.05, 0.1) is 0 Å². The van der Waals surface area contributed by atoms with Crippen LogP contribution in [0.25, 0.3) is 0 Å². The van der Waals surface area contributed by atoms with Gasteiger partial charge in [-0.3, -0.25) is 0 Å². The van der Waals surface area contributed by atoms with Gasteiger partial charge in [0, 0.05) is 0 Å². The first-order chi connectivity index (χ1) is 8.33. The van der Waals surface area contributed by atoms with E-state index in [9.17, 15) is 0 Å². The van der Waals surface area contributed by atoms with E-state index in [-0.39, 0.29) is 0 Å². The molecule has 0 aromatic heterocycles. The SMILES string of the molecule is CCCCCCCCCCN1CCC(C)CC1. The van der Waals surface area contributed by atoms with Crippen LogP contribution in [0, 0.1) is 5.92 Å². The lowest BCUT2D eigenvalue weighted by molar-refractivity contribution is 0.189. The second-order valence-electron chi connectivity index (χ2n) is 6.00. The molecule has 0 radical (unpaired) electrons. The Morgan fingerprint density at radius 2 is 1.35 bits per heavy atom. The molecule has 17 heavy (non-hydrogen) atoms. The maximum absolute atomic E-state index is 2.68. The van der Waals surface area contributed by atoms with Gasteiger partial charge in [0.15, 0.2) is 0 Å². The predicted molar refractivity (Wildman–Crippen MR) is 77.4 cm³/mol. The molecule has 1 heterocycles. The molecule has 0 spiro atoms. The van der Waals surface area contributed by atoms with Crippen molar-refractivity contribution in [1.82, 2.24) is 4.90 Å². The number of nitrogens with zero attached hydrogens (tertiary/aromatic N) is 1. The maximum Gasteiger partial charge on any atom is -0.00162 e. The molecule has 1 saturated heterocycles. The predicted octanol–water partition coefficient (Wildman–Crippen LogP) is 4.86. The molecule has 0 aliphatic carbocycles. The van der Waals surface area contributed by atoms with Gasteiger partial charge in [0.2, 0.25) is 0 Å². The summed E-state index contributed by atoms with van der Waals surface area (Å²) < 4.78 is 0. The van der Waals surface area contributed by atoms with Gasteiger partial charge >= 0.3 is 0 Å². The summed E-state index contributed by atoms with van der Waals surface area (Å²) in [7, 11) is 0. The third kappa shape index (κ3) is 7.81. The van der Waals surface area contributed by atoms with Crippen molar-refractivity contribution >= 4 is 0 Å². The van der Waals surface area contributed by atoms with Crippen LogP contribution in [-0.2, 0) is 0 Å². The largest absolute Gasteiger partial charge is 0.303 e. The average Bonchev–Trinajstić information content (AvgIpc) is 2.35. The van der Waals surface area contributed by atoms with Crippen molar-refractivity contribution in [3.63, 3.8) is 0 Å². The summed E-state index contributed by atoms with van der Waals surface area (Å²) in [6.07, 6.45) is 14.4. The molecule has 0 aromatic rings. The van der Waals surface area contributed by atoms with Crippen molar-refractivity contribution in [3.8, 4) is 0 Å². The topological polar surface area (TPSA) is 3.24 Å². The maximum atomic E-state index is 2.68. The highest BCUT2D eigenvalue weighted by Gasteiger charge is 2.14. The zero-order chi connectivity index (χ0) is 12.3. The zero-order valence-electron chi connectivity index (χ0n) is 12.2. The molecule has 0 atom stereocenters. The van der Waals surface area contributed by atoms with Crippen molar-refractivity contribution in [1.29, 1.82) is 0 Å². The molecular formula is C16H33N. The van der Waals surface area contributed by atoms with E-state index in [1.165, 1.54) is 83.8 Å². The molecule has 1 aliphatic heterocycles. The van der Waals surface area contributed by atoms with Gasteiger partial charge < -0.3 is 4.90 Å². The molecule has 0 N–H and O–H groups in total. The average molecular weight is 239 g/mol. The van der Waals surface area contributed by atoms with Crippen molar-refractivity contribution in [3.05, 3.63) is 0 Å². The van der Waals surface area contributed by atoms with E-state index in [1.807, 2.05) is 0 Å². The molecule has 1 fully saturated rings. The quantitative estimate of drug-likeness (QED) is 0.519. The monoisotopic (exact) mass is 239 g/mol. The van der Waals surface area contributed by atoms with Crippen molar-refractivity contribution in [2.24, 2.45) is 5.92 Å². The van der Waals surface area contributed by atoms with E-state index in [0.29, 0.717) is 0 Å². The van der Waals surface area contributed by atoms with E-state index in [4.69, 9.17) is 0 Å². The fraction of sp³-hybridized carbons (Fsp3) is 1.00. The Morgan fingerprint density at radius 3 is 1.94 bits per heavy atom. The van der Waals surface area contributed by atoms with Crippen molar-refractivity contribution < 1.29 is 0 Å². The first-order valence-corrected chi connectivity index (χ1v) is 8.05. The molecule has 1 heteroatoms. The van der Waals surface area contributed by atoms with Crippen LogP contribution in [0.1, 0.15) is 78.1 Å². The summed E-state index contributed by atoms with van der Waals surface area (Å²) in [5.74, 6) is 0.977. The highest BCUT2D eigenvalue weighted by Crippen LogP contribution is 2.16. The molecule has 0 aromatic carbocycles. The van der Waals surface area contributed by atoms with Crippen LogP contribution in [0.5, 0.6) is 0 Å². The summed E-state index contributed by atoms with van der Waals surface area (Å²) in [4.78, 5) is 2.68. The standard InChI is InChI=1S/C16H33N/c1-3-4-5-6-7-8-9-10-13-17-14-11-16(2)12-15-17/h16H,3-15H2,1-2H3. The Labute approximate surface area is 109 Å². The number of unbranched alkanes of at least 4 members (excludes halogenated alkanes) is 7. The van der Waals surface area contributed by atoms with E-state index >= 15 is 0 Å². The van der Waals surface area contributed by atoms with Gasteiger partial charge in [-0.25, -0.2) is 0 Å². The summed E-state index contributed by atoms with van der Waals surface area (Å²) in [6.45, 7) is 8.77. The third-order valence-corrected chi connectivity index (χ3v) is 4.20. The van der Waals surface area contributed by atoms with Crippen molar-refractivity contribution in [2.45, 2.75) is 78.1 Å². The van der Waals surface area contributed by atoms with Crippen LogP contribution in [0.15, 0.2) is 0 Å². The molecule has 0 saturated carbocycles. The number of rotatable bonds is 9. The summed E-state index contributed by atoms with van der Waals surface area (Å²) in [5, 5.41) is 0. The molecule has 0 amide bonds. The van der Waals surface area contributed by atoms with Crippen LogP contribution in [0.4, 0.5) is 0 Å². The first kappa shape index (κ1) is 15.0. The second kappa shape index (κ2) is 9.94. The Balaban J connectivity index is 1.81. The minimum absolute atomic E-state index is 0.977. The molecule has 0 bridgehead atoms. The number of hydrogen-bond donors (Lipinski definition) is 0. The van der Waals surface area contributed by atoms with Gasteiger partial charge in [-0.15, -0.1) is 0 Å². The molecule has 1 nitrogen and oxygen atoms in total. The van der Waals surface area contributed by atoms with Gasteiger partial charge in [-0.2, -0.15) is 0 Å². The first-order valence-electron chi connectivity index (χ1n) is 8.05. The Bertz CT molecular complexity index is 159. The summed E-state index contributed by atoms with van der Waals surface area (Å²) >= 11 is 0. The van der Waals surface area contributed by atoms with Crippen LogP contribution < -0.4 is 0 Å². The summed E-state index contributed by atoms with van der Waals surface area (Å²) in [5.41, 5.74) is 0. The lowest BCUT2D eigenvalue weighted by Crippen LogP contribution is -2.33. The number of piperidine rings is 1. The van der Waals surface area contributed by atoms with Crippen molar-refractivity contribution in [2.75, 3.05) is 19.6 Å². The van der Waals surface area contributed by atoms with Gasteiger partial charge in [-0.1, -0.05) is 58.8 Å². The van der Waals surface area contributed by atoms with E-state index in [1.54, 1.807) is 0 Å². The minimum atomic E-state index is 0.977. The normalized spacial score (nSPS) is 18.7. The van der Waals surface area contributed by atoms with Crippen LogP contribution in [0.3, 0.4) is 0 Å². The Kier molecular flexibility index (Phi) is 8.78. The Hall–Kier alpha value is -0.0400. The highest BCUT2D eigenvalue weighted by molar-refractivity contribution is 4.69. The lowest BCUT2D eigenvalue weighted by atomic mass is 9.99.